The van der Waals surface area contributed by atoms with E-state index in [2.05, 4.69) is 0 Å². The van der Waals surface area contributed by atoms with E-state index in [0.29, 0.717) is 18.5 Å². The topological polar surface area (TPSA) is 66.1 Å². The van der Waals surface area contributed by atoms with Crippen molar-refractivity contribution in [3.05, 3.63) is 29.8 Å². The summed E-state index contributed by atoms with van der Waals surface area (Å²) in [7, 11) is 0. The Morgan fingerprint density at radius 1 is 1.25 bits per heavy atom. The van der Waals surface area contributed by atoms with Gasteiger partial charge in [0.25, 0.3) is 0 Å². The number of nitrogen functional groups attached to an aromatic ring is 1. The van der Waals surface area contributed by atoms with Gasteiger partial charge in [-0.05, 0) is 30.5 Å². The van der Waals surface area contributed by atoms with Crippen LogP contribution in [0.25, 0.3) is 0 Å². The number of hydrogen-bond donors (Lipinski definition) is 1. The Morgan fingerprint density at radius 3 is 2.00 bits per heavy atom. The predicted molar refractivity (Wildman–Crippen MR) is 65.4 cm³/mol. The molecule has 1 aromatic rings. The molecule has 90 valence electrons. The van der Waals surface area contributed by atoms with E-state index in [9.17, 15) is 9.90 Å². The van der Waals surface area contributed by atoms with Crippen LogP contribution in [0.2, 0.25) is 0 Å². The Bertz CT molecular complexity index is 345. The number of rotatable bonds is 4. The third kappa shape index (κ3) is 2.47. The minimum Gasteiger partial charge on any atom is -0.549 e. The van der Waals surface area contributed by atoms with E-state index in [1.807, 2.05) is 13.8 Å². The number of hydrogen-bond acceptors (Lipinski definition) is 3. The lowest BCUT2D eigenvalue weighted by Gasteiger charge is -2.33. The van der Waals surface area contributed by atoms with Gasteiger partial charge in [-0.1, -0.05) is 26.0 Å². The maximum atomic E-state index is 11.2. The van der Waals surface area contributed by atoms with Crippen molar-refractivity contribution in [3.8, 4) is 0 Å². The van der Waals surface area contributed by atoms with Gasteiger partial charge in [-0.2, -0.15) is 0 Å². The molecule has 0 amide bonds. The van der Waals surface area contributed by atoms with Crippen molar-refractivity contribution in [3.63, 3.8) is 0 Å². The van der Waals surface area contributed by atoms with E-state index in [4.69, 9.17) is 5.73 Å². The minimum atomic E-state index is -1.02. The minimum absolute atomic E-state index is 0. The molecule has 4 heteroatoms. The molecule has 0 unspecified atom stereocenters. The Morgan fingerprint density at radius 2 is 1.69 bits per heavy atom. The first kappa shape index (κ1) is 14.8. The number of halogens is 1. The normalized spacial score (nSPS) is 10.6. The molecule has 16 heavy (non-hydrogen) atoms. The van der Waals surface area contributed by atoms with Crippen molar-refractivity contribution in [2.45, 2.75) is 32.1 Å². The second kappa shape index (κ2) is 5.75. The molecular formula is C12H17ClNO2-. The number of carbonyl (C=O) groups excluding carboxylic acids is 1. The van der Waals surface area contributed by atoms with Crippen LogP contribution in [0.5, 0.6) is 0 Å². The fraction of sp³-hybridized carbons (Fsp3) is 0.417. The van der Waals surface area contributed by atoms with Crippen molar-refractivity contribution in [2.75, 3.05) is 5.73 Å². The van der Waals surface area contributed by atoms with Gasteiger partial charge in [0, 0.05) is 11.1 Å². The molecule has 0 saturated heterocycles. The summed E-state index contributed by atoms with van der Waals surface area (Å²) in [5, 5.41) is 11.2. The summed E-state index contributed by atoms with van der Waals surface area (Å²) in [6.07, 6.45) is 1.05. The molecule has 0 saturated carbocycles. The molecule has 0 fully saturated rings. The van der Waals surface area contributed by atoms with Crippen molar-refractivity contribution >= 4 is 24.1 Å². The zero-order valence-corrected chi connectivity index (χ0v) is 10.3. The van der Waals surface area contributed by atoms with Crippen LogP contribution in [0, 0.1) is 0 Å². The van der Waals surface area contributed by atoms with E-state index in [1.165, 1.54) is 0 Å². The number of carbonyl (C=O) groups is 1. The van der Waals surface area contributed by atoms with Crippen LogP contribution in [0.4, 0.5) is 5.69 Å². The Hall–Kier alpha value is -1.22. The van der Waals surface area contributed by atoms with Gasteiger partial charge < -0.3 is 15.6 Å². The summed E-state index contributed by atoms with van der Waals surface area (Å²) in [6.45, 7) is 3.71. The second-order valence-corrected chi connectivity index (χ2v) is 3.70. The lowest BCUT2D eigenvalue weighted by molar-refractivity contribution is -0.314. The van der Waals surface area contributed by atoms with Gasteiger partial charge in [-0.25, -0.2) is 0 Å². The third-order valence-electron chi connectivity index (χ3n) is 3.06. The number of carboxylic acid groups (broad SMARTS) is 1. The van der Waals surface area contributed by atoms with Crippen LogP contribution in [-0.4, -0.2) is 5.97 Å². The molecule has 2 N–H and O–H groups in total. The van der Waals surface area contributed by atoms with Crippen LogP contribution in [-0.2, 0) is 10.2 Å². The fourth-order valence-corrected chi connectivity index (χ4v) is 1.87. The molecule has 0 aliphatic heterocycles. The van der Waals surface area contributed by atoms with E-state index in [-0.39, 0.29) is 12.4 Å². The van der Waals surface area contributed by atoms with Crippen LogP contribution in [0.3, 0.4) is 0 Å². The van der Waals surface area contributed by atoms with Gasteiger partial charge in [0.15, 0.2) is 0 Å². The van der Waals surface area contributed by atoms with Crippen molar-refractivity contribution in [2.24, 2.45) is 0 Å². The standard InChI is InChI=1S/C12H17NO2.ClH/c1-3-12(4-2,11(14)15)9-5-7-10(13)8-6-9;/h5-8H,3-4,13H2,1-2H3,(H,14,15);1H/p-1. The summed E-state index contributed by atoms with van der Waals surface area (Å²) in [5.41, 5.74) is 6.09. The van der Waals surface area contributed by atoms with E-state index in [1.54, 1.807) is 24.3 Å². The van der Waals surface area contributed by atoms with Gasteiger partial charge in [0.2, 0.25) is 0 Å². The SMILES string of the molecule is CCC(CC)(C(=O)[O-])c1ccc(N)cc1.Cl. The van der Waals surface area contributed by atoms with Crippen molar-refractivity contribution in [1.82, 2.24) is 0 Å². The number of nitrogens with two attached hydrogens (primary N) is 1. The van der Waals surface area contributed by atoms with Crippen LogP contribution in [0.1, 0.15) is 32.3 Å². The molecular weight excluding hydrogens is 226 g/mol. The third-order valence-corrected chi connectivity index (χ3v) is 3.06. The highest BCUT2D eigenvalue weighted by atomic mass is 35.5. The summed E-state index contributed by atoms with van der Waals surface area (Å²) in [5.74, 6) is -1.02. The predicted octanol–water partition coefficient (Wildman–Crippen LogP) is 1.50. The Balaban J connectivity index is 0.00000225. The quantitative estimate of drug-likeness (QED) is 0.814. The monoisotopic (exact) mass is 242 g/mol. The summed E-state index contributed by atoms with van der Waals surface area (Å²) in [6, 6.07) is 6.97. The lowest BCUT2D eigenvalue weighted by atomic mass is 9.76. The van der Waals surface area contributed by atoms with Crippen LogP contribution in [0.15, 0.2) is 24.3 Å². The fourth-order valence-electron chi connectivity index (χ4n) is 1.87. The Kier molecular flexibility index (Phi) is 5.31. The van der Waals surface area contributed by atoms with Gasteiger partial charge >= 0.3 is 0 Å². The molecule has 0 aromatic heterocycles. The molecule has 0 radical (unpaired) electrons. The van der Waals surface area contributed by atoms with Crippen LogP contribution < -0.4 is 10.8 Å². The van der Waals surface area contributed by atoms with Gasteiger partial charge in [-0.15, -0.1) is 12.4 Å². The molecule has 0 atom stereocenters. The molecule has 0 aliphatic carbocycles. The highest BCUT2D eigenvalue weighted by Crippen LogP contribution is 2.31. The average Bonchev–Trinajstić information content (AvgIpc) is 2.22. The molecule has 0 aliphatic rings. The summed E-state index contributed by atoms with van der Waals surface area (Å²) >= 11 is 0. The Labute approximate surface area is 102 Å². The highest BCUT2D eigenvalue weighted by Gasteiger charge is 2.29. The average molecular weight is 243 g/mol. The first-order chi connectivity index (χ1) is 7.06. The van der Waals surface area contributed by atoms with Crippen molar-refractivity contribution in [1.29, 1.82) is 0 Å². The highest BCUT2D eigenvalue weighted by molar-refractivity contribution is 5.85. The molecule has 0 heterocycles. The smallest absolute Gasteiger partial charge is 0.0520 e. The second-order valence-electron chi connectivity index (χ2n) is 3.70. The molecule has 1 aromatic carbocycles. The van der Waals surface area contributed by atoms with E-state index < -0.39 is 11.4 Å². The summed E-state index contributed by atoms with van der Waals surface area (Å²) < 4.78 is 0. The number of benzene rings is 1. The maximum Gasteiger partial charge on any atom is 0.0520 e. The summed E-state index contributed by atoms with van der Waals surface area (Å²) in [4.78, 5) is 11.2. The van der Waals surface area contributed by atoms with Crippen LogP contribution >= 0.6 is 12.4 Å². The first-order valence-corrected chi connectivity index (χ1v) is 5.14. The lowest BCUT2D eigenvalue weighted by Crippen LogP contribution is -2.45. The first-order valence-electron chi connectivity index (χ1n) is 5.14. The van der Waals surface area contributed by atoms with Crippen molar-refractivity contribution < 1.29 is 9.90 Å². The van der Waals surface area contributed by atoms with E-state index >= 15 is 0 Å². The molecule has 0 bridgehead atoms. The zero-order valence-electron chi connectivity index (χ0n) is 9.53. The number of carboxylic acids is 1. The molecule has 0 spiro atoms. The van der Waals surface area contributed by atoms with Gasteiger partial charge in [0.05, 0.1) is 5.97 Å². The maximum absolute atomic E-state index is 11.2. The molecule has 1 rings (SSSR count). The largest absolute Gasteiger partial charge is 0.549 e. The molecule has 3 nitrogen and oxygen atoms in total. The zero-order chi connectivity index (χ0) is 11.5. The van der Waals surface area contributed by atoms with E-state index in [0.717, 1.165) is 5.56 Å². The van der Waals surface area contributed by atoms with Gasteiger partial charge in [-0.3, -0.25) is 0 Å². The van der Waals surface area contributed by atoms with Gasteiger partial charge in [0.1, 0.15) is 0 Å². The number of aliphatic carboxylic acids is 1. The number of anilines is 1.